The van der Waals surface area contributed by atoms with Gasteiger partial charge >= 0.3 is 0 Å². The fourth-order valence-electron chi connectivity index (χ4n) is 2.24. The highest BCUT2D eigenvalue weighted by Gasteiger charge is 2.08. The number of nitrogens with one attached hydrogen (secondary N) is 2. The Balaban J connectivity index is 1.47. The van der Waals surface area contributed by atoms with Crippen LogP contribution < -0.4 is 15.4 Å². The third kappa shape index (κ3) is 5.19. The van der Waals surface area contributed by atoms with Crippen LogP contribution in [0.4, 0.5) is 0 Å². The van der Waals surface area contributed by atoms with Gasteiger partial charge in [-0.15, -0.1) is 0 Å². The second-order valence-electron chi connectivity index (χ2n) is 5.51. The molecule has 132 valence electrons. The number of ether oxygens (including phenoxy) is 1. The molecule has 1 aromatic heterocycles. The van der Waals surface area contributed by atoms with Crippen molar-refractivity contribution in [1.82, 2.24) is 10.6 Å². The monoisotopic (exact) mass is 366 g/mol. The summed E-state index contributed by atoms with van der Waals surface area (Å²) in [6.07, 6.45) is 1.58. The Bertz CT molecular complexity index is 847. The van der Waals surface area contributed by atoms with Gasteiger partial charge in [-0.2, -0.15) is 0 Å². The molecule has 1 heterocycles. The fourth-order valence-corrected chi connectivity index (χ4v) is 2.41. The molecule has 0 aliphatic heterocycles. The molecule has 0 bridgehead atoms. The Morgan fingerprint density at radius 3 is 2.46 bits per heavy atom. The maximum Gasteiger partial charge on any atom is 0.257 e. The molecule has 26 heavy (non-hydrogen) atoms. The highest BCUT2D eigenvalue weighted by molar-refractivity contribution is 7.80. The minimum absolute atomic E-state index is 0.246. The Morgan fingerprint density at radius 1 is 1.00 bits per heavy atom. The molecule has 0 aliphatic rings. The summed E-state index contributed by atoms with van der Waals surface area (Å²) < 4.78 is 10.9. The summed E-state index contributed by atoms with van der Waals surface area (Å²) in [5.74, 6) is 1.15. The number of rotatable bonds is 6. The fraction of sp³-hybridized carbons (Fsp3) is 0.100. The molecule has 0 atom stereocenters. The molecule has 0 spiro atoms. The van der Waals surface area contributed by atoms with Gasteiger partial charge in [0.15, 0.2) is 5.11 Å². The maximum atomic E-state index is 12.2. The molecular formula is C20H18N2O3S. The number of benzene rings is 2. The molecule has 0 aliphatic carbocycles. The van der Waals surface area contributed by atoms with Crippen molar-refractivity contribution < 1.29 is 13.9 Å². The zero-order valence-electron chi connectivity index (χ0n) is 14.0. The van der Waals surface area contributed by atoms with Crippen molar-refractivity contribution in [3.05, 3.63) is 89.9 Å². The quantitative estimate of drug-likeness (QED) is 0.652. The van der Waals surface area contributed by atoms with Gasteiger partial charge in [-0.3, -0.25) is 10.1 Å². The SMILES string of the molecule is O=C(NC(=S)NCc1ccco1)c1ccc(OCc2ccccc2)cc1. The first-order valence-electron chi connectivity index (χ1n) is 8.09. The lowest BCUT2D eigenvalue weighted by Crippen LogP contribution is -2.38. The summed E-state index contributed by atoms with van der Waals surface area (Å²) in [5, 5.41) is 5.80. The Labute approximate surface area is 157 Å². The first-order valence-corrected chi connectivity index (χ1v) is 8.50. The molecule has 5 nitrogen and oxygen atoms in total. The summed E-state index contributed by atoms with van der Waals surface area (Å²) in [4.78, 5) is 12.2. The van der Waals surface area contributed by atoms with Crippen LogP contribution in [-0.2, 0) is 13.2 Å². The van der Waals surface area contributed by atoms with Crippen molar-refractivity contribution >= 4 is 23.2 Å². The van der Waals surface area contributed by atoms with Crippen molar-refractivity contribution in [3.8, 4) is 5.75 Å². The number of hydrogen-bond acceptors (Lipinski definition) is 4. The summed E-state index contributed by atoms with van der Waals surface area (Å²) in [7, 11) is 0. The normalized spacial score (nSPS) is 10.2. The highest BCUT2D eigenvalue weighted by atomic mass is 32.1. The first-order chi connectivity index (χ1) is 12.7. The minimum atomic E-state index is -0.281. The van der Waals surface area contributed by atoms with Crippen LogP contribution in [0.2, 0.25) is 0 Å². The number of thiocarbonyl (C=S) groups is 1. The van der Waals surface area contributed by atoms with Gasteiger partial charge in [0.1, 0.15) is 18.1 Å². The van der Waals surface area contributed by atoms with Crippen LogP contribution in [0.5, 0.6) is 5.75 Å². The summed E-state index contributed by atoms with van der Waals surface area (Å²) in [6, 6.07) is 20.4. The molecule has 0 saturated carbocycles. The number of furan rings is 1. The maximum absolute atomic E-state index is 12.2. The Hall–Kier alpha value is -3.12. The van der Waals surface area contributed by atoms with Gasteiger partial charge in [0, 0.05) is 5.56 Å². The zero-order chi connectivity index (χ0) is 18.2. The van der Waals surface area contributed by atoms with Crippen LogP contribution in [0.3, 0.4) is 0 Å². The summed E-state index contributed by atoms with van der Waals surface area (Å²) in [6.45, 7) is 0.894. The first kappa shape index (κ1) is 17.7. The van der Waals surface area contributed by atoms with Gasteiger partial charge in [-0.05, 0) is 54.2 Å². The second-order valence-corrected chi connectivity index (χ2v) is 5.92. The van der Waals surface area contributed by atoms with Gasteiger partial charge in [-0.25, -0.2) is 0 Å². The second kappa shape index (κ2) is 8.82. The van der Waals surface area contributed by atoms with E-state index in [1.807, 2.05) is 36.4 Å². The molecule has 2 aromatic carbocycles. The lowest BCUT2D eigenvalue weighted by atomic mass is 10.2. The van der Waals surface area contributed by atoms with Crippen molar-refractivity contribution in [2.45, 2.75) is 13.2 Å². The third-order valence-electron chi connectivity index (χ3n) is 3.60. The standard InChI is InChI=1S/C20H18N2O3S/c23-19(22-20(26)21-13-18-7-4-12-24-18)16-8-10-17(11-9-16)25-14-15-5-2-1-3-6-15/h1-12H,13-14H2,(H2,21,22,23,26). The zero-order valence-corrected chi connectivity index (χ0v) is 14.8. The third-order valence-corrected chi connectivity index (χ3v) is 3.84. The van der Waals surface area contributed by atoms with Gasteiger partial charge < -0.3 is 14.5 Å². The van der Waals surface area contributed by atoms with E-state index in [4.69, 9.17) is 21.4 Å². The molecule has 3 rings (SSSR count). The lowest BCUT2D eigenvalue weighted by Gasteiger charge is -2.09. The van der Waals surface area contributed by atoms with E-state index in [1.54, 1.807) is 36.6 Å². The topological polar surface area (TPSA) is 63.5 Å². The van der Waals surface area contributed by atoms with E-state index in [0.29, 0.717) is 24.5 Å². The molecule has 3 aromatic rings. The van der Waals surface area contributed by atoms with Crippen LogP contribution in [0.15, 0.2) is 77.4 Å². The van der Waals surface area contributed by atoms with Crippen molar-refractivity contribution in [1.29, 1.82) is 0 Å². The van der Waals surface area contributed by atoms with Gasteiger partial charge in [0.2, 0.25) is 0 Å². The van der Waals surface area contributed by atoms with Crippen molar-refractivity contribution in [2.75, 3.05) is 0 Å². The molecule has 0 unspecified atom stereocenters. The van der Waals surface area contributed by atoms with Crippen LogP contribution in [0.1, 0.15) is 21.7 Å². The largest absolute Gasteiger partial charge is 0.489 e. The summed E-state index contributed by atoms with van der Waals surface area (Å²) >= 11 is 5.12. The number of carbonyl (C=O) groups excluding carboxylic acids is 1. The van der Waals surface area contributed by atoms with Crippen LogP contribution in [-0.4, -0.2) is 11.0 Å². The predicted octanol–water partition coefficient (Wildman–Crippen LogP) is 3.66. The lowest BCUT2D eigenvalue weighted by molar-refractivity contribution is 0.0976. The van der Waals surface area contributed by atoms with E-state index < -0.39 is 0 Å². The highest BCUT2D eigenvalue weighted by Crippen LogP contribution is 2.14. The van der Waals surface area contributed by atoms with Gasteiger partial charge in [0.05, 0.1) is 12.8 Å². The van der Waals surface area contributed by atoms with Gasteiger partial charge in [-0.1, -0.05) is 30.3 Å². The average Bonchev–Trinajstić information content (AvgIpc) is 3.19. The van der Waals surface area contributed by atoms with Crippen LogP contribution in [0, 0.1) is 0 Å². The Kier molecular flexibility index (Phi) is 6.01. The smallest absolute Gasteiger partial charge is 0.257 e. The van der Waals surface area contributed by atoms with Crippen molar-refractivity contribution in [2.24, 2.45) is 0 Å². The van der Waals surface area contributed by atoms with E-state index in [1.165, 1.54) is 0 Å². The minimum Gasteiger partial charge on any atom is -0.489 e. The average molecular weight is 366 g/mol. The number of amides is 1. The van der Waals surface area contributed by atoms with E-state index in [2.05, 4.69) is 10.6 Å². The molecular weight excluding hydrogens is 348 g/mol. The number of carbonyl (C=O) groups is 1. The molecule has 0 fully saturated rings. The van der Waals surface area contributed by atoms with Crippen molar-refractivity contribution in [3.63, 3.8) is 0 Å². The molecule has 2 N–H and O–H groups in total. The van der Waals surface area contributed by atoms with Crippen LogP contribution in [0.25, 0.3) is 0 Å². The van der Waals surface area contributed by atoms with E-state index >= 15 is 0 Å². The predicted molar refractivity (Wildman–Crippen MR) is 103 cm³/mol. The molecule has 0 saturated heterocycles. The van der Waals surface area contributed by atoms with E-state index in [0.717, 1.165) is 11.3 Å². The molecule has 1 amide bonds. The van der Waals surface area contributed by atoms with E-state index in [-0.39, 0.29) is 11.0 Å². The van der Waals surface area contributed by atoms with E-state index in [9.17, 15) is 4.79 Å². The van der Waals surface area contributed by atoms with Crippen LogP contribution >= 0.6 is 12.2 Å². The molecule has 6 heteroatoms. The molecule has 0 radical (unpaired) electrons. The summed E-state index contributed by atoms with van der Waals surface area (Å²) in [5.41, 5.74) is 1.58. The number of hydrogen-bond donors (Lipinski definition) is 2. The van der Waals surface area contributed by atoms with Gasteiger partial charge in [0.25, 0.3) is 5.91 Å². The Morgan fingerprint density at radius 2 is 1.77 bits per heavy atom.